The van der Waals surface area contributed by atoms with Crippen LogP contribution in [0.4, 0.5) is 52.7 Å². The van der Waals surface area contributed by atoms with Crippen LogP contribution in [-0.4, -0.2) is 136 Å². The van der Waals surface area contributed by atoms with Gasteiger partial charge in [-0.15, -0.1) is 0 Å². The fourth-order valence-corrected chi connectivity index (χ4v) is 15.9. The zero-order valence-corrected chi connectivity index (χ0v) is 54.1. The van der Waals surface area contributed by atoms with Crippen LogP contribution in [0, 0.1) is 74.9 Å². The molecule has 9 atom stereocenters. The zero-order chi connectivity index (χ0) is 68.6. The van der Waals surface area contributed by atoms with E-state index in [0.29, 0.717) is 37.2 Å². The Morgan fingerprint density at radius 3 is 1.33 bits per heavy atom. The highest BCUT2D eigenvalue weighted by atomic mass is 19.4. The lowest BCUT2D eigenvalue weighted by Gasteiger charge is -2.59. The number of carbonyl (C=O) groups excluding carboxylic acids is 5. The second kappa shape index (κ2) is 26.0. The molecule has 0 aromatic rings. The minimum Gasteiger partial charge on any atom is -0.462 e. The molecule has 10 bridgehead atoms. The van der Waals surface area contributed by atoms with Crippen molar-refractivity contribution in [3.05, 3.63) is 0 Å². The molecule has 15 nitrogen and oxygen atoms in total. The minimum absolute atomic E-state index is 0.0184. The SMILES string of the molecule is CCC(C)(C)C(=O)OC12CC3CC(CC(O)(C3)C1)C2.CCC(C)(C)C(=O)OC1C2CC3C(=O)OC1C3O2.CCC(C)(C)C(=O)OC1CC(C(O)(C(F)(F)F)C(F)(F)F)CC(C(O)(C(F)(F)F)C(F)(F)F)C1.CCC(C)(C)C(=O)OCOC1C2CC3CC(C2)CC1C3. The van der Waals surface area contributed by atoms with Crippen LogP contribution in [0.15, 0.2) is 0 Å². The van der Waals surface area contributed by atoms with E-state index in [1.165, 1.54) is 59.3 Å². The molecule has 0 radical (unpaired) electrons. The fourth-order valence-electron chi connectivity index (χ4n) is 15.9. The molecule has 9 unspecified atom stereocenters. The molecule has 9 aliphatic carbocycles. The van der Waals surface area contributed by atoms with Gasteiger partial charge in [0.15, 0.2) is 19.0 Å². The first kappa shape index (κ1) is 74.7. The zero-order valence-electron chi connectivity index (χ0n) is 54.1. The maximum Gasteiger partial charge on any atom is 0.426 e. The molecule has 3 aliphatic heterocycles. The number of alkyl halides is 12. The van der Waals surface area contributed by atoms with Gasteiger partial charge >= 0.3 is 54.6 Å². The maximum atomic E-state index is 13.3. The van der Waals surface area contributed by atoms with E-state index in [1.54, 1.807) is 0 Å². The van der Waals surface area contributed by atoms with Crippen LogP contribution in [0.2, 0.25) is 0 Å². The summed E-state index contributed by atoms with van der Waals surface area (Å²) in [6.07, 6.45) is -19.4. The number of fused-ring (bicyclic) bond motifs is 1. The number of rotatable bonds is 16. The first-order valence-corrected chi connectivity index (χ1v) is 32.2. The predicted molar refractivity (Wildman–Crippen MR) is 299 cm³/mol. The van der Waals surface area contributed by atoms with E-state index in [2.05, 4.69) is 0 Å². The van der Waals surface area contributed by atoms with Gasteiger partial charge in [0.2, 0.25) is 0 Å². The minimum atomic E-state index is -6.58. The summed E-state index contributed by atoms with van der Waals surface area (Å²) in [6, 6.07) is 0. The van der Waals surface area contributed by atoms with Gasteiger partial charge in [-0.25, -0.2) is 0 Å². The van der Waals surface area contributed by atoms with Gasteiger partial charge in [-0.2, -0.15) is 52.7 Å². The van der Waals surface area contributed by atoms with E-state index < -0.39 is 119 Å². The average Bonchev–Trinajstić information content (AvgIpc) is 0.808. The smallest absolute Gasteiger partial charge is 0.426 e. The van der Waals surface area contributed by atoms with Crippen molar-refractivity contribution in [2.45, 2.75) is 289 Å². The lowest BCUT2D eigenvalue weighted by molar-refractivity contribution is -0.405. The lowest BCUT2D eigenvalue weighted by atomic mass is 9.52. The first-order chi connectivity index (χ1) is 41.5. The van der Waals surface area contributed by atoms with E-state index in [9.17, 15) is 92.0 Å². The van der Waals surface area contributed by atoms with E-state index >= 15 is 0 Å². The van der Waals surface area contributed by atoms with E-state index in [1.807, 2.05) is 62.3 Å². The predicted octanol–water partition coefficient (Wildman–Crippen LogP) is 13.3. The van der Waals surface area contributed by atoms with E-state index in [4.69, 9.17) is 33.2 Å². The molecule has 0 spiro atoms. The largest absolute Gasteiger partial charge is 0.462 e. The summed E-state index contributed by atoms with van der Waals surface area (Å²) >= 11 is 0. The molecule has 0 aromatic heterocycles. The highest BCUT2D eigenvalue weighted by Crippen LogP contribution is 2.61. The molecule has 0 aromatic carbocycles. The third kappa shape index (κ3) is 15.1. The lowest BCUT2D eigenvalue weighted by Crippen LogP contribution is -2.67. The van der Waals surface area contributed by atoms with Crippen molar-refractivity contribution in [1.29, 1.82) is 0 Å². The number of esters is 5. The maximum absolute atomic E-state index is 13.3. The van der Waals surface area contributed by atoms with E-state index in [0.717, 1.165) is 62.2 Å². The monoisotopic (exact) mass is 1330 g/mol. The van der Waals surface area contributed by atoms with Gasteiger partial charge < -0.3 is 48.5 Å². The number of ether oxygens (including phenoxy) is 7. The van der Waals surface area contributed by atoms with Crippen LogP contribution < -0.4 is 0 Å². The van der Waals surface area contributed by atoms with Gasteiger partial charge in [-0.3, -0.25) is 24.0 Å². The van der Waals surface area contributed by atoms with Gasteiger partial charge in [-0.1, -0.05) is 27.7 Å². The van der Waals surface area contributed by atoms with Crippen LogP contribution in [0.25, 0.3) is 0 Å². The van der Waals surface area contributed by atoms with Gasteiger partial charge in [-0.05, 0) is 206 Å². The van der Waals surface area contributed by atoms with Crippen molar-refractivity contribution in [2.24, 2.45) is 74.9 Å². The topological polar surface area (TPSA) is 211 Å². The van der Waals surface area contributed by atoms with Crippen LogP contribution in [0.1, 0.15) is 205 Å². The summed E-state index contributed by atoms with van der Waals surface area (Å²) in [5, 5.41) is 29.9. The molecule has 3 N–H and O–H groups in total. The van der Waals surface area contributed by atoms with Gasteiger partial charge in [0.1, 0.15) is 17.8 Å². The van der Waals surface area contributed by atoms with Crippen molar-refractivity contribution >= 4 is 29.8 Å². The van der Waals surface area contributed by atoms with Crippen LogP contribution in [-0.2, 0) is 57.1 Å². The third-order valence-corrected chi connectivity index (χ3v) is 22.5. The Balaban J connectivity index is 0.000000178. The summed E-state index contributed by atoms with van der Waals surface area (Å²) in [4.78, 5) is 60.2. The van der Waals surface area contributed by atoms with Crippen LogP contribution >= 0.6 is 0 Å². The highest BCUT2D eigenvalue weighted by molar-refractivity contribution is 5.79. The number of hydrogen-bond donors (Lipinski definition) is 3. The van der Waals surface area contributed by atoms with Crippen molar-refractivity contribution in [3.63, 3.8) is 0 Å². The number of carbonyl (C=O) groups is 5. The van der Waals surface area contributed by atoms with Crippen molar-refractivity contribution < 1.29 is 125 Å². The normalized spacial score (nSPS) is 35.0. The molecule has 3 saturated heterocycles. The Hall–Kier alpha value is -3.69. The Kier molecular flexibility index (Phi) is 21.4. The number of aliphatic hydroxyl groups is 3. The molecular formula is C64H94F12O15. The van der Waals surface area contributed by atoms with Crippen LogP contribution in [0.5, 0.6) is 0 Å². The van der Waals surface area contributed by atoms with Gasteiger partial charge in [0, 0.05) is 18.3 Å². The molecule has 3 heterocycles. The van der Waals surface area contributed by atoms with Gasteiger partial charge in [0.25, 0.3) is 11.2 Å². The van der Waals surface area contributed by atoms with Crippen molar-refractivity contribution in [2.75, 3.05) is 6.79 Å². The first-order valence-electron chi connectivity index (χ1n) is 32.2. The fraction of sp³-hybridized carbons (Fsp3) is 0.922. The molecule has 12 rings (SSSR count). The number of halogens is 12. The molecule has 27 heteroatoms. The third-order valence-electron chi connectivity index (χ3n) is 22.5. The van der Waals surface area contributed by atoms with Gasteiger partial charge in [0.05, 0.1) is 45.4 Å². The quantitative estimate of drug-likeness (QED) is 0.0568. The second-order valence-corrected chi connectivity index (χ2v) is 30.7. The van der Waals surface area contributed by atoms with Crippen molar-refractivity contribution in [1.82, 2.24) is 0 Å². The molecule has 524 valence electrons. The molecule has 9 saturated carbocycles. The van der Waals surface area contributed by atoms with Crippen molar-refractivity contribution in [3.8, 4) is 0 Å². The Morgan fingerprint density at radius 1 is 0.505 bits per heavy atom. The summed E-state index contributed by atoms with van der Waals surface area (Å²) in [6.45, 7) is 21.4. The summed E-state index contributed by atoms with van der Waals surface area (Å²) in [7, 11) is 0. The molecule has 0 amide bonds. The summed E-state index contributed by atoms with van der Waals surface area (Å²) in [5.41, 5.74) is -15.2. The molecule has 12 fully saturated rings. The standard InChI is InChI=1S/C18H22F12O4.C17H28O3.C16H26O3.C13H18O5/c1-4-12(2,3)11(31)34-10-6-8(13(32,15(19,20)21)16(22,23)24)5-9(7-10)14(33,17(25,26)27)18(28,29)30;1-4-17(2,3)16(18)20-10-19-15-13-6-11-5-12(8-13)9-14(15)7-11;1-4-14(2,3)13(17)19-16-8-11-5-12(9-16)7-15(18,6-11)10-16;1-4-13(2,3)12(15)18-9-7-5-6-8(16-7)10(9)17-11(6)14/h8-10,32-33H,4-7H2,1-3H3;11-15H,4-10H2,1-3H3;11-12,18H,4-10H2,1-3H3;6-10H,4-5H2,1-3H3. The van der Waals surface area contributed by atoms with Crippen LogP contribution in [0.3, 0.4) is 0 Å². The highest BCUT2D eigenvalue weighted by Gasteiger charge is 2.79. The average molecular weight is 1330 g/mol. The molecule has 12 aliphatic rings. The second-order valence-electron chi connectivity index (χ2n) is 30.7. The Labute approximate surface area is 524 Å². The molecule has 91 heavy (non-hydrogen) atoms. The summed E-state index contributed by atoms with van der Waals surface area (Å²) < 4.78 is 198. The Morgan fingerprint density at radius 2 is 0.912 bits per heavy atom. The molecular weight excluding hydrogens is 1240 g/mol. The van der Waals surface area contributed by atoms with E-state index in [-0.39, 0.29) is 60.8 Å². The summed E-state index contributed by atoms with van der Waals surface area (Å²) in [5.74, 6) is -4.39. The number of hydrogen-bond acceptors (Lipinski definition) is 15. The Bertz CT molecular complexity index is 2500.